The molecule has 0 bridgehead atoms. The summed E-state index contributed by atoms with van der Waals surface area (Å²) in [4.78, 5) is 18.4. The molecular weight excluding hydrogens is 396 g/mol. The molecule has 2 aromatic heterocycles. The predicted molar refractivity (Wildman–Crippen MR) is 117 cm³/mol. The molecule has 166 valence electrons. The number of benzene rings is 1. The molecule has 1 fully saturated rings. The maximum Gasteiger partial charge on any atom is 0.253 e. The Kier molecular flexibility index (Phi) is 5.81. The molecule has 1 aliphatic rings. The Labute approximate surface area is 181 Å². The summed E-state index contributed by atoms with van der Waals surface area (Å²) in [5.74, 6) is 1.36. The third-order valence-corrected chi connectivity index (χ3v) is 6.42. The Morgan fingerprint density at radius 1 is 1.29 bits per heavy atom. The number of H-pyrrole nitrogens is 1. The van der Waals surface area contributed by atoms with Crippen molar-refractivity contribution in [3.8, 4) is 5.75 Å². The summed E-state index contributed by atoms with van der Waals surface area (Å²) in [6, 6.07) is 7.06. The molecule has 0 unspecified atom stereocenters. The number of tetrazole rings is 1. The molecule has 0 spiro atoms. The monoisotopic (exact) mass is 426 g/mol. The summed E-state index contributed by atoms with van der Waals surface area (Å²) in [6.07, 6.45) is 1.81. The summed E-state index contributed by atoms with van der Waals surface area (Å²) in [5.41, 5.74) is 0.854. The van der Waals surface area contributed by atoms with Gasteiger partial charge >= 0.3 is 0 Å². The number of rotatable bonds is 6. The molecular formula is C22H30N6O3. The van der Waals surface area contributed by atoms with Crippen molar-refractivity contribution in [1.82, 2.24) is 30.1 Å². The fourth-order valence-electron chi connectivity index (χ4n) is 4.12. The first-order valence-corrected chi connectivity index (χ1v) is 10.8. The van der Waals surface area contributed by atoms with E-state index in [0.29, 0.717) is 37.3 Å². The lowest BCUT2D eigenvalue weighted by Crippen LogP contribution is -2.43. The molecule has 9 heteroatoms. The van der Waals surface area contributed by atoms with Crippen LogP contribution in [0.5, 0.6) is 5.75 Å². The molecule has 31 heavy (non-hydrogen) atoms. The van der Waals surface area contributed by atoms with E-state index in [1.165, 1.54) is 0 Å². The number of nitrogens with one attached hydrogen (secondary N) is 1. The van der Waals surface area contributed by atoms with Gasteiger partial charge in [0, 0.05) is 29.6 Å². The maximum absolute atomic E-state index is 13.2. The third-order valence-electron chi connectivity index (χ3n) is 6.42. The van der Waals surface area contributed by atoms with Crippen LogP contribution in [0.2, 0.25) is 0 Å². The van der Waals surface area contributed by atoms with Gasteiger partial charge in [0.05, 0.1) is 18.8 Å². The minimum atomic E-state index is -0.423. The Morgan fingerprint density at radius 3 is 2.71 bits per heavy atom. The largest absolute Gasteiger partial charge is 0.497 e. The van der Waals surface area contributed by atoms with E-state index in [2.05, 4.69) is 46.2 Å². The minimum absolute atomic E-state index is 0.169. The topological polar surface area (TPSA) is 109 Å². The summed E-state index contributed by atoms with van der Waals surface area (Å²) in [7, 11) is 1.62. The van der Waals surface area contributed by atoms with Crippen LogP contribution in [0.15, 0.2) is 29.1 Å². The maximum atomic E-state index is 13.2. The van der Waals surface area contributed by atoms with Crippen LogP contribution >= 0.6 is 0 Å². The number of hydrogen-bond acceptors (Lipinski definition) is 7. The first-order chi connectivity index (χ1) is 14.8. The van der Waals surface area contributed by atoms with Gasteiger partial charge in [0.2, 0.25) is 0 Å². The highest BCUT2D eigenvalue weighted by Gasteiger charge is 2.35. The first kappa shape index (κ1) is 21.5. The van der Waals surface area contributed by atoms with Gasteiger partial charge in [-0.25, -0.2) is 4.68 Å². The number of aromatic nitrogens is 5. The number of aliphatic hydroxyl groups excluding tert-OH is 1. The molecule has 0 radical (unpaired) electrons. The highest BCUT2D eigenvalue weighted by atomic mass is 16.5. The molecule has 2 N–H and O–H groups in total. The van der Waals surface area contributed by atoms with Gasteiger partial charge in [0.1, 0.15) is 11.8 Å². The SMILES string of the molecule is CCC(C)(C)n1nnnc1[C@@H](c1cc2cc(OC)ccc2[nH]c1=O)N1CCC(O)CC1. The molecule has 9 nitrogen and oxygen atoms in total. The fraction of sp³-hybridized carbons (Fsp3) is 0.545. The molecule has 3 heterocycles. The van der Waals surface area contributed by atoms with E-state index >= 15 is 0 Å². The van der Waals surface area contributed by atoms with Gasteiger partial charge < -0.3 is 14.8 Å². The number of hydrogen-bond donors (Lipinski definition) is 2. The van der Waals surface area contributed by atoms with Crippen LogP contribution in [-0.4, -0.2) is 61.5 Å². The second-order valence-electron chi connectivity index (χ2n) is 8.79. The van der Waals surface area contributed by atoms with E-state index in [9.17, 15) is 9.90 Å². The smallest absolute Gasteiger partial charge is 0.253 e. The second kappa shape index (κ2) is 8.39. The normalized spacial score (nSPS) is 17.2. The highest BCUT2D eigenvalue weighted by Crippen LogP contribution is 2.32. The van der Waals surface area contributed by atoms with Crippen molar-refractivity contribution < 1.29 is 9.84 Å². The van der Waals surface area contributed by atoms with Crippen molar-refractivity contribution >= 4 is 10.9 Å². The first-order valence-electron chi connectivity index (χ1n) is 10.8. The standard InChI is InChI=1S/C22H30N6O3/c1-5-22(2,3)28-20(24-25-26-28)19(27-10-8-15(29)9-11-27)17-13-14-12-16(31-4)6-7-18(14)23-21(17)30/h6-7,12-13,15,19,29H,5,8-11H2,1-4H3,(H,23,30)/t19-/m1/s1. The lowest BCUT2D eigenvalue weighted by molar-refractivity contribution is 0.0644. The van der Waals surface area contributed by atoms with Crippen molar-refractivity contribution in [2.24, 2.45) is 0 Å². The van der Waals surface area contributed by atoms with Gasteiger partial charge in [-0.2, -0.15) is 0 Å². The van der Waals surface area contributed by atoms with Crippen LogP contribution in [0.1, 0.15) is 57.5 Å². The number of nitrogens with zero attached hydrogens (tertiary/aromatic N) is 5. The van der Waals surface area contributed by atoms with Crippen LogP contribution < -0.4 is 10.3 Å². The van der Waals surface area contributed by atoms with Gasteiger partial charge in [-0.1, -0.05) is 6.92 Å². The molecule has 1 aromatic carbocycles. The average molecular weight is 427 g/mol. The van der Waals surface area contributed by atoms with Crippen molar-refractivity contribution in [3.63, 3.8) is 0 Å². The molecule has 0 saturated carbocycles. The summed E-state index contributed by atoms with van der Waals surface area (Å²) < 4.78 is 7.20. The lowest BCUT2D eigenvalue weighted by atomic mass is 9.97. The van der Waals surface area contributed by atoms with E-state index < -0.39 is 6.04 Å². The predicted octanol–water partition coefficient (Wildman–Crippen LogP) is 2.21. The zero-order valence-electron chi connectivity index (χ0n) is 18.5. The summed E-state index contributed by atoms with van der Waals surface area (Å²) >= 11 is 0. The van der Waals surface area contributed by atoms with Gasteiger partial charge in [-0.05, 0) is 67.8 Å². The summed E-state index contributed by atoms with van der Waals surface area (Å²) in [6.45, 7) is 7.56. The van der Waals surface area contributed by atoms with Gasteiger partial charge in [-0.3, -0.25) is 9.69 Å². The average Bonchev–Trinajstić information content (AvgIpc) is 3.25. The zero-order valence-corrected chi connectivity index (χ0v) is 18.5. The molecule has 1 aliphatic heterocycles. The lowest BCUT2D eigenvalue weighted by Gasteiger charge is -2.36. The molecule has 3 aromatic rings. The number of methoxy groups -OCH3 is 1. The van der Waals surface area contributed by atoms with Crippen LogP contribution in [0, 0.1) is 0 Å². The Bertz CT molecular complexity index is 1110. The van der Waals surface area contributed by atoms with E-state index in [-0.39, 0.29) is 17.2 Å². The molecule has 0 amide bonds. The van der Waals surface area contributed by atoms with Gasteiger partial charge in [0.25, 0.3) is 5.56 Å². The third kappa shape index (κ3) is 4.07. The minimum Gasteiger partial charge on any atom is -0.497 e. The number of pyridine rings is 1. The molecule has 1 atom stereocenters. The highest BCUT2D eigenvalue weighted by molar-refractivity contribution is 5.80. The molecule has 0 aliphatic carbocycles. The summed E-state index contributed by atoms with van der Waals surface area (Å²) in [5, 5.41) is 23.5. The molecule has 1 saturated heterocycles. The zero-order chi connectivity index (χ0) is 22.2. The van der Waals surface area contributed by atoms with Gasteiger partial charge in [0.15, 0.2) is 5.82 Å². The van der Waals surface area contributed by atoms with Crippen LogP contribution in [0.4, 0.5) is 0 Å². The van der Waals surface area contributed by atoms with Crippen LogP contribution in [0.25, 0.3) is 10.9 Å². The van der Waals surface area contributed by atoms with E-state index in [0.717, 1.165) is 23.1 Å². The van der Waals surface area contributed by atoms with E-state index in [1.807, 2.05) is 28.9 Å². The number of piperidine rings is 1. The van der Waals surface area contributed by atoms with Crippen molar-refractivity contribution in [2.45, 2.75) is 57.7 Å². The second-order valence-corrected chi connectivity index (χ2v) is 8.79. The number of aliphatic hydroxyl groups is 1. The Morgan fingerprint density at radius 2 is 2.03 bits per heavy atom. The van der Waals surface area contributed by atoms with Crippen molar-refractivity contribution in [2.75, 3.05) is 20.2 Å². The Hall–Kier alpha value is -2.78. The quantitative estimate of drug-likeness (QED) is 0.622. The van der Waals surface area contributed by atoms with E-state index in [1.54, 1.807) is 7.11 Å². The van der Waals surface area contributed by atoms with Crippen molar-refractivity contribution in [1.29, 1.82) is 0 Å². The van der Waals surface area contributed by atoms with Gasteiger partial charge in [-0.15, -0.1) is 5.10 Å². The fourth-order valence-corrected chi connectivity index (χ4v) is 4.12. The Balaban J connectivity index is 1.89. The van der Waals surface area contributed by atoms with E-state index in [4.69, 9.17) is 4.74 Å². The number of likely N-dealkylation sites (tertiary alicyclic amines) is 1. The van der Waals surface area contributed by atoms with Crippen molar-refractivity contribution in [3.05, 3.63) is 46.0 Å². The van der Waals surface area contributed by atoms with Crippen LogP contribution in [0.3, 0.4) is 0 Å². The number of aromatic amines is 1. The van der Waals surface area contributed by atoms with Crippen LogP contribution in [-0.2, 0) is 5.54 Å². The molecule has 4 rings (SSSR count). The number of ether oxygens (including phenoxy) is 1. The number of fused-ring (bicyclic) bond motifs is 1.